The van der Waals surface area contributed by atoms with Gasteiger partial charge in [-0.2, -0.15) is 4.98 Å². The van der Waals surface area contributed by atoms with Gasteiger partial charge in [0.05, 0.1) is 10.5 Å². The highest BCUT2D eigenvalue weighted by Crippen LogP contribution is 2.38. The summed E-state index contributed by atoms with van der Waals surface area (Å²) >= 11 is 1.52. The van der Waals surface area contributed by atoms with Crippen molar-refractivity contribution in [2.45, 2.75) is 13.0 Å². The molecule has 6 nitrogen and oxygen atoms in total. The fourth-order valence-corrected chi connectivity index (χ4v) is 4.31. The normalized spacial score (nSPS) is 15.4. The third kappa shape index (κ3) is 3.51. The molecule has 1 unspecified atom stereocenters. The zero-order valence-electron chi connectivity index (χ0n) is 16.5. The van der Waals surface area contributed by atoms with Crippen LogP contribution >= 0.6 is 11.3 Å². The number of carbonyl (C=O) groups excluding carboxylic acids is 1. The van der Waals surface area contributed by atoms with Crippen molar-refractivity contribution >= 4 is 28.9 Å². The number of benzene rings is 2. The first kappa shape index (κ1) is 19.2. The highest BCUT2D eigenvalue weighted by Gasteiger charge is 2.36. The lowest BCUT2D eigenvalue weighted by Crippen LogP contribution is -2.32. The second kappa shape index (κ2) is 7.81. The molecule has 0 spiro atoms. The SMILES string of the molecule is CC1=C(C(=O)Nc2ccccc2)C(c2ccccc2F)n2nc(-c3cccs3)nc2N1. The Labute approximate surface area is 182 Å². The molecule has 31 heavy (non-hydrogen) atoms. The molecule has 0 saturated carbocycles. The predicted octanol–water partition coefficient (Wildman–Crippen LogP) is 5.07. The van der Waals surface area contributed by atoms with Crippen LogP contribution in [0.25, 0.3) is 10.7 Å². The molecule has 8 heteroatoms. The second-order valence-electron chi connectivity index (χ2n) is 7.09. The second-order valence-corrected chi connectivity index (χ2v) is 8.04. The molecule has 154 valence electrons. The summed E-state index contributed by atoms with van der Waals surface area (Å²) in [6.45, 7) is 1.79. The van der Waals surface area contributed by atoms with E-state index in [1.165, 1.54) is 17.4 Å². The van der Waals surface area contributed by atoms with Crippen molar-refractivity contribution in [3.8, 4) is 10.7 Å². The molecule has 0 bridgehead atoms. The molecule has 3 heterocycles. The first-order valence-corrected chi connectivity index (χ1v) is 10.6. The number of hydrogen-bond donors (Lipinski definition) is 2. The van der Waals surface area contributed by atoms with Gasteiger partial charge in [-0.25, -0.2) is 9.07 Å². The van der Waals surface area contributed by atoms with Crippen LogP contribution < -0.4 is 10.6 Å². The molecule has 0 fully saturated rings. The molecule has 1 atom stereocenters. The fraction of sp³-hybridized carbons (Fsp3) is 0.0870. The van der Waals surface area contributed by atoms with Gasteiger partial charge in [0.1, 0.15) is 11.9 Å². The van der Waals surface area contributed by atoms with Crippen molar-refractivity contribution in [2.24, 2.45) is 0 Å². The van der Waals surface area contributed by atoms with Gasteiger partial charge in [0.2, 0.25) is 5.95 Å². The molecule has 1 amide bonds. The van der Waals surface area contributed by atoms with E-state index in [0.717, 1.165) is 4.88 Å². The van der Waals surface area contributed by atoms with E-state index in [-0.39, 0.29) is 5.91 Å². The van der Waals surface area contributed by atoms with Gasteiger partial charge < -0.3 is 10.6 Å². The molecule has 2 aromatic heterocycles. The smallest absolute Gasteiger partial charge is 0.255 e. The first-order chi connectivity index (χ1) is 15.1. The van der Waals surface area contributed by atoms with Gasteiger partial charge in [-0.05, 0) is 36.6 Å². The van der Waals surface area contributed by atoms with Crippen LogP contribution in [0.2, 0.25) is 0 Å². The summed E-state index contributed by atoms with van der Waals surface area (Å²) in [4.78, 5) is 18.8. The Hall–Kier alpha value is -3.78. The van der Waals surface area contributed by atoms with E-state index in [1.807, 2.05) is 35.7 Å². The summed E-state index contributed by atoms with van der Waals surface area (Å²) in [5, 5.41) is 12.7. The number of para-hydroxylation sites is 1. The Morgan fingerprint density at radius 3 is 2.61 bits per heavy atom. The number of allylic oxidation sites excluding steroid dienone is 1. The number of aromatic nitrogens is 3. The van der Waals surface area contributed by atoms with Gasteiger partial charge in [0.15, 0.2) is 5.82 Å². The number of anilines is 2. The minimum absolute atomic E-state index is 0.330. The Morgan fingerprint density at radius 1 is 1.10 bits per heavy atom. The van der Waals surface area contributed by atoms with Crippen LogP contribution in [0.3, 0.4) is 0 Å². The lowest BCUT2D eigenvalue weighted by Gasteiger charge is -2.28. The van der Waals surface area contributed by atoms with Gasteiger partial charge in [-0.1, -0.05) is 42.5 Å². The fourth-order valence-electron chi connectivity index (χ4n) is 3.66. The van der Waals surface area contributed by atoms with Crippen LogP contribution in [-0.2, 0) is 4.79 Å². The first-order valence-electron chi connectivity index (χ1n) is 9.71. The Morgan fingerprint density at radius 2 is 1.87 bits per heavy atom. The van der Waals surface area contributed by atoms with E-state index in [2.05, 4.69) is 20.7 Å². The number of nitrogens with one attached hydrogen (secondary N) is 2. The maximum absolute atomic E-state index is 14.9. The lowest BCUT2D eigenvalue weighted by molar-refractivity contribution is -0.113. The van der Waals surface area contributed by atoms with E-state index >= 15 is 0 Å². The van der Waals surface area contributed by atoms with Crippen LogP contribution in [-0.4, -0.2) is 20.7 Å². The quantitative estimate of drug-likeness (QED) is 0.473. The van der Waals surface area contributed by atoms with Gasteiger partial charge in [0, 0.05) is 16.9 Å². The number of carbonyl (C=O) groups is 1. The largest absolute Gasteiger partial charge is 0.328 e. The van der Waals surface area contributed by atoms with Crippen molar-refractivity contribution < 1.29 is 9.18 Å². The third-order valence-electron chi connectivity index (χ3n) is 5.07. The van der Waals surface area contributed by atoms with Crippen LogP contribution in [0.5, 0.6) is 0 Å². The standard InChI is InChI=1S/C23H18FN5OS/c1-14-19(22(30)26-15-8-3-2-4-9-15)20(16-10-5-6-11-17(16)24)29-23(25-14)27-21(28-29)18-12-7-13-31-18/h2-13,20H,1H3,(H,26,30)(H,25,27,28). The average molecular weight is 431 g/mol. The molecule has 0 radical (unpaired) electrons. The van der Waals surface area contributed by atoms with Crippen molar-refractivity contribution in [3.05, 3.63) is 94.8 Å². The monoisotopic (exact) mass is 431 g/mol. The molecule has 0 aliphatic carbocycles. The van der Waals surface area contributed by atoms with Crippen LogP contribution in [0, 0.1) is 5.82 Å². The summed E-state index contributed by atoms with van der Waals surface area (Å²) in [6, 6.07) is 18.7. The molecule has 2 aromatic carbocycles. The van der Waals surface area contributed by atoms with Crippen LogP contribution in [0.4, 0.5) is 16.0 Å². The Balaban J connectivity index is 1.63. The van der Waals surface area contributed by atoms with E-state index < -0.39 is 11.9 Å². The van der Waals surface area contributed by atoms with E-state index in [4.69, 9.17) is 0 Å². The zero-order valence-corrected chi connectivity index (χ0v) is 17.4. The summed E-state index contributed by atoms with van der Waals surface area (Å²) in [7, 11) is 0. The topological polar surface area (TPSA) is 71.8 Å². The highest BCUT2D eigenvalue weighted by atomic mass is 32.1. The maximum Gasteiger partial charge on any atom is 0.255 e. The van der Waals surface area contributed by atoms with Crippen molar-refractivity contribution in [3.63, 3.8) is 0 Å². The highest BCUT2D eigenvalue weighted by molar-refractivity contribution is 7.13. The molecule has 0 saturated heterocycles. The zero-order chi connectivity index (χ0) is 21.4. The Kier molecular flexibility index (Phi) is 4.83. The summed E-state index contributed by atoms with van der Waals surface area (Å²) in [6.07, 6.45) is 0. The van der Waals surface area contributed by atoms with Crippen LogP contribution in [0.15, 0.2) is 83.4 Å². The average Bonchev–Trinajstić information content (AvgIpc) is 3.43. The van der Waals surface area contributed by atoms with Crippen molar-refractivity contribution in [2.75, 3.05) is 10.6 Å². The number of hydrogen-bond acceptors (Lipinski definition) is 5. The summed E-state index contributed by atoms with van der Waals surface area (Å²) in [5.74, 6) is 0.247. The molecule has 5 rings (SSSR count). The maximum atomic E-state index is 14.9. The molecule has 1 aliphatic rings. The third-order valence-corrected chi connectivity index (χ3v) is 5.94. The number of thiophene rings is 1. The molecule has 1 aliphatic heterocycles. The van der Waals surface area contributed by atoms with Gasteiger partial charge >= 0.3 is 0 Å². The van der Waals surface area contributed by atoms with Gasteiger partial charge in [-0.15, -0.1) is 16.4 Å². The molecular formula is C23H18FN5OS. The summed E-state index contributed by atoms with van der Waals surface area (Å²) < 4.78 is 16.5. The summed E-state index contributed by atoms with van der Waals surface area (Å²) in [5.41, 5.74) is 1.98. The van der Waals surface area contributed by atoms with E-state index in [9.17, 15) is 9.18 Å². The predicted molar refractivity (Wildman–Crippen MR) is 119 cm³/mol. The minimum Gasteiger partial charge on any atom is -0.328 e. The number of fused-ring (bicyclic) bond motifs is 1. The van der Waals surface area contributed by atoms with E-state index in [0.29, 0.717) is 34.3 Å². The van der Waals surface area contributed by atoms with Crippen LogP contribution in [0.1, 0.15) is 18.5 Å². The molecule has 2 N–H and O–H groups in total. The Bertz CT molecular complexity index is 1280. The number of rotatable bonds is 4. The molecule has 4 aromatic rings. The lowest BCUT2D eigenvalue weighted by atomic mass is 9.94. The molecular weight excluding hydrogens is 413 g/mol. The van der Waals surface area contributed by atoms with Crippen molar-refractivity contribution in [1.82, 2.24) is 14.8 Å². The van der Waals surface area contributed by atoms with Gasteiger partial charge in [-0.3, -0.25) is 4.79 Å². The number of nitrogens with zero attached hydrogens (tertiary/aromatic N) is 3. The minimum atomic E-state index is -0.762. The van der Waals surface area contributed by atoms with Gasteiger partial charge in [0.25, 0.3) is 5.91 Å². The number of amides is 1. The number of halogens is 1. The van der Waals surface area contributed by atoms with E-state index in [1.54, 1.807) is 41.9 Å². The van der Waals surface area contributed by atoms with Crippen molar-refractivity contribution in [1.29, 1.82) is 0 Å².